The molecule has 0 saturated carbocycles. The highest BCUT2D eigenvalue weighted by atomic mass is 19.1. The standard InChI is InChI=1S/C17H14FN5O2/c18-12-3-1-11(2-4-12)8-19-16-9-20-23-17(22-16)21-13-5-6-14-15(7-13)25-10-24-14/h1-7,9H,8,10H2,(H2,19,21,22,23). The van der Waals surface area contributed by atoms with Gasteiger partial charge in [-0.05, 0) is 29.8 Å². The molecule has 0 fully saturated rings. The van der Waals surface area contributed by atoms with Crippen LogP contribution in [-0.2, 0) is 6.54 Å². The van der Waals surface area contributed by atoms with Gasteiger partial charge in [0, 0.05) is 18.3 Å². The van der Waals surface area contributed by atoms with Gasteiger partial charge in [0.15, 0.2) is 17.3 Å². The second kappa shape index (κ2) is 6.60. The molecule has 0 bridgehead atoms. The van der Waals surface area contributed by atoms with Gasteiger partial charge in [-0.25, -0.2) is 4.39 Å². The molecule has 4 rings (SSSR count). The lowest BCUT2D eigenvalue weighted by molar-refractivity contribution is 0.174. The fourth-order valence-electron chi connectivity index (χ4n) is 2.34. The van der Waals surface area contributed by atoms with Crippen molar-refractivity contribution in [3.8, 4) is 11.5 Å². The monoisotopic (exact) mass is 339 g/mol. The summed E-state index contributed by atoms with van der Waals surface area (Å²) in [6, 6.07) is 11.7. The quantitative estimate of drug-likeness (QED) is 0.739. The first-order valence-electron chi connectivity index (χ1n) is 7.61. The molecular formula is C17H14FN5O2. The Bertz CT molecular complexity index is 888. The smallest absolute Gasteiger partial charge is 0.249 e. The van der Waals surface area contributed by atoms with E-state index in [-0.39, 0.29) is 12.6 Å². The number of hydrogen-bond donors (Lipinski definition) is 2. The molecule has 1 aliphatic heterocycles. The first-order chi connectivity index (χ1) is 12.3. The zero-order valence-corrected chi connectivity index (χ0v) is 13.1. The van der Waals surface area contributed by atoms with E-state index >= 15 is 0 Å². The van der Waals surface area contributed by atoms with Crippen LogP contribution in [0.4, 0.5) is 21.8 Å². The number of hydrogen-bond acceptors (Lipinski definition) is 7. The van der Waals surface area contributed by atoms with Crippen LogP contribution in [0.5, 0.6) is 11.5 Å². The fraction of sp³-hybridized carbons (Fsp3) is 0.118. The number of nitrogens with one attached hydrogen (secondary N) is 2. The van der Waals surface area contributed by atoms with E-state index in [9.17, 15) is 4.39 Å². The first kappa shape index (κ1) is 15.1. The molecule has 2 aromatic carbocycles. The average molecular weight is 339 g/mol. The minimum atomic E-state index is -0.261. The van der Waals surface area contributed by atoms with E-state index < -0.39 is 0 Å². The Hall–Kier alpha value is -3.42. The predicted octanol–water partition coefficient (Wildman–Crippen LogP) is 3.10. The zero-order valence-electron chi connectivity index (χ0n) is 13.1. The van der Waals surface area contributed by atoms with Crippen LogP contribution in [-0.4, -0.2) is 22.0 Å². The van der Waals surface area contributed by atoms with Crippen molar-refractivity contribution in [3.63, 3.8) is 0 Å². The molecule has 0 aliphatic carbocycles. The van der Waals surface area contributed by atoms with Crippen LogP contribution in [0.1, 0.15) is 5.56 Å². The Labute approximate surface area is 142 Å². The number of nitrogens with zero attached hydrogens (tertiary/aromatic N) is 3. The Morgan fingerprint density at radius 2 is 1.88 bits per heavy atom. The lowest BCUT2D eigenvalue weighted by Crippen LogP contribution is -2.05. The lowest BCUT2D eigenvalue weighted by atomic mass is 10.2. The number of aromatic nitrogens is 3. The molecule has 1 aromatic heterocycles. The number of halogens is 1. The summed E-state index contributed by atoms with van der Waals surface area (Å²) >= 11 is 0. The van der Waals surface area contributed by atoms with Crippen molar-refractivity contribution in [3.05, 3.63) is 60.0 Å². The summed E-state index contributed by atoms with van der Waals surface area (Å²) in [7, 11) is 0. The van der Waals surface area contributed by atoms with Crippen molar-refractivity contribution < 1.29 is 13.9 Å². The highest BCUT2D eigenvalue weighted by molar-refractivity contribution is 5.60. The minimum absolute atomic E-state index is 0.222. The summed E-state index contributed by atoms with van der Waals surface area (Å²) in [6.45, 7) is 0.724. The maximum absolute atomic E-state index is 12.9. The van der Waals surface area contributed by atoms with Crippen LogP contribution in [0, 0.1) is 5.82 Å². The molecule has 126 valence electrons. The normalized spacial score (nSPS) is 12.0. The van der Waals surface area contributed by atoms with Crippen molar-refractivity contribution in [1.29, 1.82) is 0 Å². The van der Waals surface area contributed by atoms with Gasteiger partial charge >= 0.3 is 0 Å². The molecular weight excluding hydrogens is 325 g/mol. The van der Waals surface area contributed by atoms with Crippen molar-refractivity contribution in [2.45, 2.75) is 6.54 Å². The largest absolute Gasteiger partial charge is 0.454 e. The summed E-state index contributed by atoms with van der Waals surface area (Å²) in [5.41, 5.74) is 1.70. The van der Waals surface area contributed by atoms with Crippen molar-refractivity contribution in [1.82, 2.24) is 15.2 Å². The van der Waals surface area contributed by atoms with Crippen molar-refractivity contribution in [2.24, 2.45) is 0 Å². The van der Waals surface area contributed by atoms with E-state index in [1.807, 2.05) is 18.2 Å². The molecule has 0 spiro atoms. The van der Waals surface area contributed by atoms with E-state index in [1.54, 1.807) is 12.1 Å². The van der Waals surface area contributed by atoms with Gasteiger partial charge in [-0.3, -0.25) is 0 Å². The topological polar surface area (TPSA) is 81.2 Å². The lowest BCUT2D eigenvalue weighted by Gasteiger charge is -2.08. The van der Waals surface area contributed by atoms with Crippen molar-refractivity contribution >= 4 is 17.5 Å². The van der Waals surface area contributed by atoms with Gasteiger partial charge in [0.1, 0.15) is 5.82 Å². The number of benzene rings is 2. The first-order valence-corrected chi connectivity index (χ1v) is 7.61. The highest BCUT2D eigenvalue weighted by Crippen LogP contribution is 2.34. The average Bonchev–Trinajstić information content (AvgIpc) is 3.09. The van der Waals surface area contributed by atoms with Crippen LogP contribution in [0.3, 0.4) is 0 Å². The number of rotatable bonds is 5. The summed E-state index contributed by atoms with van der Waals surface area (Å²) in [4.78, 5) is 4.35. The van der Waals surface area contributed by atoms with E-state index in [2.05, 4.69) is 25.8 Å². The van der Waals surface area contributed by atoms with Crippen LogP contribution in [0.2, 0.25) is 0 Å². The molecule has 8 heteroatoms. The molecule has 0 saturated heterocycles. The minimum Gasteiger partial charge on any atom is -0.454 e. The molecule has 1 aliphatic rings. The number of anilines is 3. The van der Waals surface area contributed by atoms with Crippen LogP contribution in [0.25, 0.3) is 0 Å². The zero-order chi connectivity index (χ0) is 17.1. The molecule has 7 nitrogen and oxygen atoms in total. The Morgan fingerprint density at radius 1 is 1.04 bits per heavy atom. The van der Waals surface area contributed by atoms with Crippen LogP contribution >= 0.6 is 0 Å². The number of fused-ring (bicyclic) bond motifs is 1. The van der Waals surface area contributed by atoms with Gasteiger partial charge in [-0.2, -0.15) is 10.1 Å². The molecule has 0 radical (unpaired) electrons. The third-order valence-electron chi connectivity index (χ3n) is 3.57. The molecule has 2 heterocycles. The van der Waals surface area contributed by atoms with Gasteiger partial charge in [-0.1, -0.05) is 12.1 Å². The molecule has 0 unspecified atom stereocenters. The second-order valence-corrected chi connectivity index (χ2v) is 5.34. The van der Waals surface area contributed by atoms with E-state index in [4.69, 9.17) is 9.47 Å². The summed E-state index contributed by atoms with van der Waals surface area (Å²) in [5, 5.41) is 14.1. The van der Waals surface area contributed by atoms with Gasteiger partial charge in [0.25, 0.3) is 0 Å². The predicted molar refractivity (Wildman–Crippen MR) is 89.4 cm³/mol. The van der Waals surface area contributed by atoms with Gasteiger partial charge in [-0.15, -0.1) is 5.10 Å². The highest BCUT2D eigenvalue weighted by Gasteiger charge is 2.13. The molecule has 2 N–H and O–H groups in total. The van der Waals surface area contributed by atoms with Gasteiger partial charge < -0.3 is 20.1 Å². The van der Waals surface area contributed by atoms with Crippen molar-refractivity contribution in [2.75, 3.05) is 17.4 Å². The van der Waals surface area contributed by atoms with Gasteiger partial charge in [0.05, 0.1) is 6.20 Å². The molecule has 25 heavy (non-hydrogen) atoms. The fourth-order valence-corrected chi connectivity index (χ4v) is 2.34. The summed E-state index contributed by atoms with van der Waals surface area (Å²) in [6.07, 6.45) is 1.52. The second-order valence-electron chi connectivity index (χ2n) is 5.34. The molecule has 0 atom stereocenters. The maximum Gasteiger partial charge on any atom is 0.249 e. The third kappa shape index (κ3) is 3.57. The van der Waals surface area contributed by atoms with Gasteiger partial charge in [0.2, 0.25) is 12.7 Å². The Morgan fingerprint density at radius 3 is 2.76 bits per heavy atom. The van der Waals surface area contributed by atoms with E-state index in [0.717, 1.165) is 11.3 Å². The third-order valence-corrected chi connectivity index (χ3v) is 3.57. The molecule has 3 aromatic rings. The van der Waals surface area contributed by atoms with Crippen LogP contribution in [0.15, 0.2) is 48.7 Å². The molecule has 0 amide bonds. The Kier molecular flexibility index (Phi) is 3.99. The number of ether oxygens (including phenoxy) is 2. The maximum atomic E-state index is 12.9. The van der Waals surface area contributed by atoms with E-state index in [0.29, 0.717) is 29.8 Å². The SMILES string of the molecule is Fc1ccc(CNc2cnnc(Nc3ccc4c(c3)OCO4)n2)cc1. The Balaban J connectivity index is 1.43. The summed E-state index contributed by atoms with van der Waals surface area (Å²) < 4.78 is 23.5. The summed E-state index contributed by atoms with van der Waals surface area (Å²) in [5.74, 6) is 2.02. The van der Waals surface area contributed by atoms with Crippen LogP contribution < -0.4 is 20.1 Å². The van der Waals surface area contributed by atoms with E-state index in [1.165, 1.54) is 18.3 Å².